The Morgan fingerprint density at radius 3 is 2.07 bits per heavy atom. The van der Waals surface area contributed by atoms with Crippen molar-refractivity contribution < 1.29 is 10.0 Å². The largest absolute Gasteiger partial charge is 0.375 e. The predicted octanol–water partition coefficient (Wildman–Crippen LogP) is -0.212. The maximum absolute atomic E-state index is 10.0. The number of para-hydroxylation sites is 1. The van der Waals surface area contributed by atoms with Crippen molar-refractivity contribution in [3.8, 4) is 0 Å². The second-order valence-electron chi connectivity index (χ2n) is 2.73. The number of nitrogens with two attached hydrogens (primary N) is 1. The van der Waals surface area contributed by atoms with Crippen LogP contribution in [0.3, 0.4) is 0 Å². The summed E-state index contributed by atoms with van der Waals surface area (Å²) in [5.74, 6) is 0. The molecular formula is C8H11N3O3. The van der Waals surface area contributed by atoms with Crippen molar-refractivity contribution in [3.05, 3.63) is 40.4 Å². The minimum Gasteiger partial charge on any atom is -0.375 e. The lowest BCUT2D eigenvalue weighted by Crippen LogP contribution is -2.05. The number of rotatable bonds is 1. The van der Waals surface area contributed by atoms with Crippen LogP contribution >= 0.6 is 0 Å². The zero-order valence-electron chi connectivity index (χ0n) is 7.33. The average Bonchev–Trinajstić information content (AvgIpc) is 2.82. The fraction of sp³-hybridized carbons (Fsp3) is 0.250. The van der Waals surface area contributed by atoms with Gasteiger partial charge in [0.15, 0.2) is 0 Å². The van der Waals surface area contributed by atoms with Crippen molar-refractivity contribution in [2.24, 2.45) is 5.73 Å². The molecule has 76 valence electrons. The summed E-state index contributed by atoms with van der Waals surface area (Å²) in [7, 11) is 0. The lowest BCUT2D eigenvalue weighted by molar-refractivity contribution is -0.384. The third kappa shape index (κ3) is 3.48. The molecule has 1 fully saturated rings. The van der Waals surface area contributed by atoms with Gasteiger partial charge in [0, 0.05) is 12.1 Å². The van der Waals surface area contributed by atoms with Crippen LogP contribution in [0, 0.1) is 10.1 Å². The van der Waals surface area contributed by atoms with E-state index < -0.39 is 11.2 Å². The molecule has 1 saturated heterocycles. The average molecular weight is 197 g/mol. The normalized spacial score (nSPS) is 23.3. The van der Waals surface area contributed by atoms with Gasteiger partial charge in [-0.2, -0.15) is 0 Å². The number of non-ortho nitro benzene ring substituents is 1. The van der Waals surface area contributed by atoms with Crippen LogP contribution in [0.15, 0.2) is 30.3 Å². The molecule has 1 aliphatic heterocycles. The number of benzene rings is 1. The Balaban J connectivity index is 0.000000165. The van der Waals surface area contributed by atoms with Crippen molar-refractivity contribution in [2.45, 2.75) is 12.4 Å². The van der Waals surface area contributed by atoms with E-state index in [0.717, 1.165) is 0 Å². The molecule has 1 heterocycles. The number of aliphatic hydroxyl groups excluding tert-OH is 1. The topological polar surface area (TPSA) is 111 Å². The number of nitrogens with zero attached hydrogens (tertiary/aromatic N) is 1. The van der Waals surface area contributed by atoms with Crippen LogP contribution in [0.4, 0.5) is 5.69 Å². The van der Waals surface area contributed by atoms with E-state index in [1.54, 1.807) is 18.2 Å². The quantitative estimate of drug-likeness (QED) is 0.327. The van der Waals surface area contributed by atoms with Crippen molar-refractivity contribution in [1.29, 1.82) is 0 Å². The van der Waals surface area contributed by atoms with E-state index in [9.17, 15) is 10.1 Å². The summed E-state index contributed by atoms with van der Waals surface area (Å²) in [6, 6.07) is 7.93. The number of hydrogen-bond acceptors (Lipinski definition) is 5. The first-order chi connectivity index (χ1) is 6.61. The lowest BCUT2D eigenvalue weighted by atomic mass is 10.3. The molecule has 4 N–H and O–H groups in total. The predicted molar refractivity (Wildman–Crippen MR) is 50.2 cm³/mol. The molecule has 6 nitrogen and oxygen atoms in total. The van der Waals surface area contributed by atoms with Crippen molar-refractivity contribution in [1.82, 2.24) is 5.32 Å². The van der Waals surface area contributed by atoms with Gasteiger partial charge in [-0.15, -0.1) is 0 Å². The number of nitro groups is 1. The van der Waals surface area contributed by atoms with Crippen molar-refractivity contribution in [3.63, 3.8) is 0 Å². The number of aliphatic hydroxyl groups is 1. The molecule has 0 aromatic heterocycles. The van der Waals surface area contributed by atoms with Gasteiger partial charge in [0.25, 0.3) is 5.69 Å². The first-order valence-electron chi connectivity index (χ1n) is 4.00. The Morgan fingerprint density at radius 2 is 1.86 bits per heavy atom. The van der Waals surface area contributed by atoms with E-state index in [-0.39, 0.29) is 11.9 Å². The van der Waals surface area contributed by atoms with Crippen LogP contribution in [-0.4, -0.2) is 22.4 Å². The lowest BCUT2D eigenvalue weighted by Gasteiger charge is -1.85. The highest BCUT2D eigenvalue weighted by atomic mass is 16.6. The van der Waals surface area contributed by atoms with Gasteiger partial charge in [0.05, 0.1) is 11.1 Å². The summed E-state index contributed by atoms with van der Waals surface area (Å²) in [4.78, 5) is 9.59. The molecule has 0 amide bonds. The molecule has 0 aliphatic carbocycles. The standard InChI is InChI=1S/C6H5NO2.C2H6N2O/c8-7(9)6-4-2-1-3-5-6;3-1-2(5)4-1/h1-5H;1-2,4-5H,3H2. The van der Waals surface area contributed by atoms with Crippen LogP contribution in [0.25, 0.3) is 0 Å². The third-order valence-corrected chi connectivity index (χ3v) is 1.56. The van der Waals surface area contributed by atoms with Gasteiger partial charge in [0.2, 0.25) is 0 Å². The van der Waals surface area contributed by atoms with Gasteiger partial charge in [-0.05, 0) is 0 Å². The maximum atomic E-state index is 10.0. The summed E-state index contributed by atoms with van der Waals surface area (Å²) in [5, 5.41) is 20.7. The van der Waals surface area contributed by atoms with Gasteiger partial charge in [0.1, 0.15) is 6.23 Å². The van der Waals surface area contributed by atoms with Gasteiger partial charge >= 0.3 is 0 Å². The molecule has 1 aromatic carbocycles. The number of nitrogens with one attached hydrogen (secondary N) is 1. The maximum Gasteiger partial charge on any atom is 0.269 e. The molecule has 0 spiro atoms. The summed E-state index contributed by atoms with van der Waals surface area (Å²) < 4.78 is 0. The molecule has 2 rings (SSSR count). The van der Waals surface area contributed by atoms with E-state index in [1.165, 1.54) is 12.1 Å². The monoisotopic (exact) mass is 197 g/mol. The van der Waals surface area contributed by atoms with Crippen LogP contribution in [0.2, 0.25) is 0 Å². The van der Waals surface area contributed by atoms with E-state index in [4.69, 9.17) is 10.8 Å². The highest BCUT2D eigenvalue weighted by Crippen LogP contribution is 2.06. The first-order valence-corrected chi connectivity index (χ1v) is 4.00. The third-order valence-electron chi connectivity index (χ3n) is 1.56. The van der Waals surface area contributed by atoms with Crippen LogP contribution in [0.1, 0.15) is 0 Å². The summed E-state index contributed by atoms with van der Waals surface area (Å²) in [5.41, 5.74) is 5.14. The van der Waals surface area contributed by atoms with Gasteiger partial charge in [-0.3, -0.25) is 15.4 Å². The number of nitro benzene ring substituents is 1. The highest BCUT2D eigenvalue weighted by Gasteiger charge is 2.28. The van der Waals surface area contributed by atoms with Gasteiger partial charge < -0.3 is 10.8 Å². The van der Waals surface area contributed by atoms with Gasteiger partial charge in [-0.25, -0.2) is 0 Å². The molecular weight excluding hydrogens is 186 g/mol. The molecule has 0 radical (unpaired) electrons. The summed E-state index contributed by atoms with van der Waals surface area (Å²) in [6.45, 7) is 0. The Bertz CT molecular complexity index is 298. The molecule has 2 unspecified atom stereocenters. The Morgan fingerprint density at radius 1 is 1.43 bits per heavy atom. The van der Waals surface area contributed by atoms with Gasteiger partial charge in [-0.1, -0.05) is 18.2 Å². The fourth-order valence-corrected chi connectivity index (χ4v) is 0.691. The molecule has 0 saturated carbocycles. The van der Waals surface area contributed by atoms with E-state index in [2.05, 4.69) is 5.32 Å². The van der Waals surface area contributed by atoms with E-state index in [1.807, 2.05) is 0 Å². The molecule has 2 atom stereocenters. The minimum atomic E-state index is -0.421. The molecule has 14 heavy (non-hydrogen) atoms. The molecule has 1 aromatic rings. The molecule has 6 heteroatoms. The highest BCUT2D eigenvalue weighted by molar-refractivity contribution is 5.27. The summed E-state index contributed by atoms with van der Waals surface area (Å²) in [6.07, 6.45) is -0.565. The number of hydrogen-bond donors (Lipinski definition) is 3. The fourth-order valence-electron chi connectivity index (χ4n) is 0.691. The van der Waals surface area contributed by atoms with Crippen LogP contribution in [0.5, 0.6) is 0 Å². The first kappa shape index (κ1) is 10.6. The Hall–Kier alpha value is -1.50. The van der Waals surface area contributed by atoms with E-state index >= 15 is 0 Å². The Labute approximate surface area is 80.5 Å². The van der Waals surface area contributed by atoms with E-state index in [0.29, 0.717) is 0 Å². The smallest absolute Gasteiger partial charge is 0.269 e. The van der Waals surface area contributed by atoms with Crippen LogP contribution < -0.4 is 11.1 Å². The SMILES string of the molecule is NC1NC1O.O=[N+]([O-])c1ccccc1. The van der Waals surface area contributed by atoms with Crippen LogP contribution in [-0.2, 0) is 0 Å². The summed E-state index contributed by atoms with van der Waals surface area (Å²) >= 11 is 0. The van der Waals surface area contributed by atoms with Crippen molar-refractivity contribution >= 4 is 5.69 Å². The second kappa shape index (κ2) is 4.66. The zero-order chi connectivity index (χ0) is 10.6. The second-order valence-corrected chi connectivity index (χ2v) is 2.73. The molecule has 0 bridgehead atoms. The Kier molecular flexibility index (Phi) is 3.52. The molecule has 1 aliphatic rings. The van der Waals surface area contributed by atoms with Crippen molar-refractivity contribution in [2.75, 3.05) is 0 Å². The zero-order valence-corrected chi connectivity index (χ0v) is 7.33. The minimum absolute atomic E-state index is 0.137.